The lowest BCUT2D eigenvalue weighted by molar-refractivity contribution is 0.0893. The van der Waals surface area contributed by atoms with Gasteiger partial charge in [-0.05, 0) is 37.8 Å². The number of aliphatic hydroxyl groups is 1. The van der Waals surface area contributed by atoms with Crippen molar-refractivity contribution in [3.63, 3.8) is 0 Å². The fourth-order valence-corrected chi connectivity index (χ4v) is 1.44. The van der Waals surface area contributed by atoms with Crippen molar-refractivity contribution in [1.29, 1.82) is 0 Å². The zero-order valence-electron chi connectivity index (χ0n) is 10.9. The molecular weight excluding hydrogens is 218 g/mol. The second-order valence-corrected chi connectivity index (χ2v) is 4.71. The van der Waals surface area contributed by atoms with E-state index < -0.39 is 0 Å². The highest BCUT2D eigenvalue weighted by Gasteiger charge is 2.13. The molecule has 0 radical (unpaired) electrons. The fourth-order valence-electron chi connectivity index (χ4n) is 1.44. The van der Waals surface area contributed by atoms with Crippen LogP contribution in [0.1, 0.15) is 42.1 Å². The Bertz CT molecular complexity index is 363. The minimum Gasteiger partial charge on any atom is -0.456 e. The van der Waals surface area contributed by atoms with E-state index in [9.17, 15) is 9.90 Å². The van der Waals surface area contributed by atoms with Crippen molar-refractivity contribution in [1.82, 2.24) is 5.32 Å². The minimum atomic E-state index is -0.379. The van der Waals surface area contributed by atoms with Gasteiger partial charge in [0.25, 0.3) is 5.91 Å². The molecule has 1 atom stereocenters. The molecule has 1 aromatic heterocycles. The molecule has 1 rings (SSSR count). The molecule has 0 fully saturated rings. The van der Waals surface area contributed by atoms with Gasteiger partial charge >= 0.3 is 0 Å². The SMILES string of the molecule is Cc1cc(C(=O)NCCC(O)C(C)C)oc1C. The Labute approximate surface area is 102 Å². The van der Waals surface area contributed by atoms with E-state index in [2.05, 4.69) is 5.32 Å². The summed E-state index contributed by atoms with van der Waals surface area (Å²) in [5, 5.41) is 12.3. The minimum absolute atomic E-state index is 0.208. The van der Waals surface area contributed by atoms with Gasteiger partial charge in [0.05, 0.1) is 6.10 Å². The smallest absolute Gasteiger partial charge is 0.287 e. The first kappa shape index (κ1) is 13.8. The number of furan rings is 1. The van der Waals surface area contributed by atoms with Gasteiger partial charge in [-0.1, -0.05) is 13.8 Å². The van der Waals surface area contributed by atoms with Crippen LogP contribution >= 0.6 is 0 Å². The topological polar surface area (TPSA) is 62.5 Å². The van der Waals surface area contributed by atoms with Crippen LogP contribution in [-0.4, -0.2) is 23.7 Å². The van der Waals surface area contributed by atoms with Crippen LogP contribution in [0.2, 0.25) is 0 Å². The molecule has 0 bridgehead atoms. The van der Waals surface area contributed by atoms with Gasteiger partial charge < -0.3 is 14.8 Å². The van der Waals surface area contributed by atoms with Crippen LogP contribution in [0.3, 0.4) is 0 Å². The molecule has 4 nitrogen and oxygen atoms in total. The summed E-state index contributed by atoms with van der Waals surface area (Å²) in [6.45, 7) is 8.08. The van der Waals surface area contributed by atoms with Crippen molar-refractivity contribution in [2.24, 2.45) is 5.92 Å². The van der Waals surface area contributed by atoms with Crippen LogP contribution in [0, 0.1) is 19.8 Å². The molecule has 0 aromatic carbocycles. The average molecular weight is 239 g/mol. The van der Waals surface area contributed by atoms with E-state index in [1.54, 1.807) is 6.07 Å². The zero-order chi connectivity index (χ0) is 13.0. The van der Waals surface area contributed by atoms with Gasteiger partial charge in [-0.3, -0.25) is 4.79 Å². The molecule has 0 saturated heterocycles. The Hall–Kier alpha value is -1.29. The van der Waals surface area contributed by atoms with Gasteiger partial charge in [0.1, 0.15) is 5.76 Å². The summed E-state index contributed by atoms with van der Waals surface area (Å²) in [4.78, 5) is 11.7. The Balaban J connectivity index is 2.40. The maximum absolute atomic E-state index is 11.7. The fraction of sp³-hybridized carbons (Fsp3) is 0.615. The average Bonchev–Trinajstić information content (AvgIpc) is 2.59. The molecule has 96 valence electrons. The quantitative estimate of drug-likeness (QED) is 0.826. The molecule has 17 heavy (non-hydrogen) atoms. The number of nitrogens with one attached hydrogen (secondary N) is 1. The summed E-state index contributed by atoms with van der Waals surface area (Å²) in [5.41, 5.74) is 0.970. The third-order valence-electron chi connectivity index (χ3n) is 2.88. The molecule has 1 unspecified atom stereocenters. The van der Waals surface area contributed by atoms with Gasteiger partial charge in [0, 0.05) is 6.54 Å². The lowest BCUT2D eigenvalue weighted by atomic mass is 10.0. The predicted octanol–water partition coefficient (Wildman–Crippen LogP) is 2.03. The van der Waals surface area contributed by atoms with Crippen LogP contribution in [0.4, 0.5) is 0 Å². The Morgan fingerprint density at radius 3 is 2.59 bits per heavy atom. The van der Waals surface area contributed by atoms with Crippen molar-refractivity contribution in [2.75, 3.05) is 6.54 Å². The normalized spacial score (nSPS) is 12.8. The molecule has 0 aliphatic carbocycles. The Kier molecular flexibility index (Phi) is 4.75. The van der Waals surface area contributed by atoms with Crippen LogP contribution < -0.4 is 5.32 Å². The number of aryl methyl sites for hydroxylation is 2. The molecule has 4 heteroatoms. The third-order valence-corrected chi connectivity index (χ3v) is 2.88. The second kappa shape index (κ2) is 5.87. The van der Waals surface area contributed by atoms with Gasteiger partial charge in [-0.15, -0.1) is 0 Å². The van der Waals surface area contributed by atoms with Crippen LogP contribution in [0.25, 0.3) is 0 Å². The van der Waals surface area contributed by atoms with Crippen molar-refractivity contribution in [3.05, 3.63) is 23.2 Å². The van der Waals surface area contributed by atoms with E-state index in [0.717, 1.165) is 11.3 Å². The van der Waals surface area contributed by atoms with Crippen LogP contribution in [0.15, 0.2) is 10.5 Å². The molecule has 1 aromatic rings. The number of hydrogen-bond acceptors (Lipinski definition) is 3. The molecular formula is C13H21NO3. The Morgan fingerprint density at radius 1 is 1.47 bits per heavy atom. The first-order chi connectivity index (χ1) is 7.91. The van der Waals surface area contributed by atoms with E-state index in [4.69, 9.17) is 4.42 Å². The highest BCUT2D eigenvalue weighted by atomic mass is 16.3. The number of amides is 1. The highest BCUT2D eigenvalue weighted by molar-refractivity contribution is 5.91. The highest BCUT2D eigenvalue weighted by Crippen LogP contribution is 2.13. The lowest BCUT2D eigenvalue weighted by Gasteiger charge is -2.13. The van der Waals surface area contributed by atoms with E-state index in [-0.39, 0.29) is 17.9 Å². The number of rotatable bonds is 5. The second-order valence-electron chi connectivity index (χ2n) is 4.71. The first-order valence-corrected chi connectivity index (χ1v) is 5.95. The lowest BCUT2D eigenvalue weighted by Crippen LogP contribution is -2.28. The monoisotopic (exact) mass is 239 g/mol. The van der Waals surface area contributed by atoms with E-state index in [0.29, 0.717) is 18.7 Å². The Morgan fingerprint density at radius 2 is 2.12 bits per heavy atom. The number of hydrogen-bond donors (Lipinski definition) is 2. The van der Waals surface area contributed by atoms with E-state index in [1.165, 1.54) is 0 Å². The van der Waals surface area contributed by atoms with Crippen molar-refractivity contribution in [2.45, 2.75) is 40.2 Å². The summed E-state index contributed by atoms with van der Waals surface area (Å²) >= 11 is 0. The van der Waals surface area contributed by atoms with Gasteiger partial charge in [0.15, 0.2) is 5.76 Å². The molecule has 0 saturated carbocycles. The summed E-state index contributed by atoms with van der Waals surface area (Å²) < 4.78 is 5.31. The number of carbonyl (C=O) groups is 1. The third kappa shape index (κ3) is 3.89. The summed E-state index contributed by atoms with van der Waals surface area (Å²) in [6, 6.07) is 1.73. The molecule has 0 aliphatic rings. The van der Waals surface area contributed by atoms with Gasteiger partial charge in [-0.25, -0.2) is 0 Å². The molecule has 2 N–H and O–H groups in total. The summed E-state index contributed by atoms with van der Waals surface area (Å²) in [5.74, 6) is 1.08. The number of aliphatic hydroxyl groups excluding tert-OH is 1. The molecule has 0 aliphatic heterocycles. The summed E-state index contributed by atoms with van der Waals surface area (Å²) in [6.07, 6.45) is 0.178. The van der Waals surface area contributed by atoms with Gasteiger partial charge in [0.2, 0.25) is 0 Å². The first-order valence-electron chi connectivity index (χ1n) is 5.95. The predicted molar refractivity (Wildman–Crippen MR) is 66.0 cm³/mol. The molecule has 1 heterocycles. The summed E-state index contributed by atoms with van der Waals surface area (Å²) in [7, 11) is 0. The maximum atomic E-state index is 11.7. The van der Waals surface area contributed by atoms with E-state index >= 15 is 0 Å². The number of carbonyl (C=O) groups excluding carboxylic acids is 1. The standard InChI is InChI=1S/C13H21NO3/c1-8(2)11(15)5-6-14-13(16)12-7-9(3)10(4)17-12/h7-8,11,15H,5-6H2,1-4H3,(H,14,16). The molecule has 0 spiro atoms. The van der Waals surface area contributed by atoms with Crippen molar-refractivity contribution in [3.8, 4) is 0 Å². The zero-order valence-corrected chi connectivity index (χ0v) is 10.9. The van der Waals surface area contributed by atoms with Crippen LogP contribution in [-0.2, 0) is 0 Å². The van der Waals surface area contributed by atoms with Crippen molar-refractivity contribution < 1.29 is 14.3 Å². The van der Waals surface area contributed by atoms with Gasteiger partial charge in [-0.2, -0.15) is 0 Å². The largest absolute Gasteiger partial charge is 0.456 e. The van der Waals surface area contributed by atoms with Crippen molar-refractivity contribution >= 4 is 5.91 Å². The van der Waals surface area contributed by atoms with E-state index in [1.807, 2.05) is 27.7 Å². The molecule has 1 amide bonds. The maximum Gasteiger partial charge on any atom is 0.287 e. The van der Waals surface area contributed by atoms with Crippen LogP contribution in [0.5, 0.6) is 0 Å².